The summed E-state index contributed by atoms with van der Waals surface area (Å²) in [7, 11) is 0. The number of unbranched alkanes of at least 4 members (excludes halogenated alkanes) is 20. The molecular weight excluding hydrogens is 793 g/mol. The second kappa shape index (κ2) is 43.2. The largest absolute Gasteiger partial charge is 0.392 e. The van der Waals surface area contributed by atoms with Crippen LogP contribution in [0.15, 0.2) is 0 Å². The molecule has 2 amide bonds. The fourth-order valence-corrected chi connectivity index (χ4v) is 8.65. The molecule has 0 aromatic carbocycles. The molecule has 0 spiro atoms. The van der Waals surface area contributed by atoms with E-state index in [-0.39, 0.29) is 24.7 Å². The number of carbonyl (C=O) groups is 2. The van der Waals surface area contributed by atoms with Crippen molar-refractivity contribution in [3.8, 4) is 0 Å². The monoisotopic (exact) mass is 899 g/mol. The van der Waals surface area contributed by atoms with Crippen molar-refractivity contribution < 1.29 is 35.1 Å². The summed E-state index contributed by atoms with van der Waals surface area (Å²) >= 11 is 0. The second-order valence-corrected chi connectivity index (χ2v) is 19.6. The van der Waals surface area contributed by atoms with E-state index in [0.29, 0.717) is 65.2 Å². The van der Waals surface area contributed by atoms with Gasteiger partial charge in [0.1, 0.15) is 0 Å². The third kappa shape index (κ3) is 41.8. The van der Waals surface area contributed by atoms with Gasteiger partial charge in [-0.3, -0.25) is 19.4 Å². The first-order chi connectivity index (χ1) is 30.3. The Hall–Kier alpha value is -1.34. The number of hydrogen-bond donors (Lipinski definition) is 7. The highest BCUT2D eigenvalue weighted by Gasteiger charge is 2.28. The van der Waals surface area contributed by atoms with Gasteiger partial charge in [0.15, 0.2) is 0 Å². The van der Waals surface area contributed by atoms with Gasteiger partial charge < -0.3 is 36.2 Å². The molecule has 11 nitrogen and oxygen atoms in total. The molecule has 0 aromatic heterocycles. The summed E-state index contributed by atoms with van der Waals surface area (Å²) in [5.41, 5.74) is -1.51. The van der Waals surface area contributed by atoms with E-state index >= 15 is 0 Å². The van der Waals surface area contributed by atoms with E-state index in [1.165, 1.54) is 110 Å². The fraction of sp³-hybridized carbons (Fsp3) is 0.962. The van der Waals surface area contributed by atoms with Crippen molar-refractivity contribution in [2.45, 2.75) is 270 Å². The van der Waals surface area contributed by atoms with Crippen molar-refractivity contribution >= 4 is 11.8 Å². The smallest absolute Gasteiger partial charge is 0.222 e. The van der Waals surface area contributed by atoms with E-state index in [0.717, 1.165) is 77.0 Å². The summed E-state index contributed by atoms with van der Waals surface area (Å²) < 4.78 is 0. The van der Waals surface area contributed by atoms with Gasteiger partial charge in [0.05, 0.1) is 42.9 Å². The Balaban J connectivity index is 4.87. The summed E-state index contributed by atoms with van der Waals surface area (Å²) in [6.07, 6.45) is 30.3. The standard InChI is InChI=1S/C52H106N4O7/c1-6-10-14-18-22-26-32-46(57)42-55(43-47(58)33-27-23-19-15-11-7-2)38-30-36-53-50(61)40-52(5,63)41-51(62)54-37-31-39-56(44-48(59)34-28-24-20-16-12-8-3)45-49(60)35-29-25-21-17-13-9-4/h46-49,57-60,63H,6-45H2,1-5H3,(H,53,61)(H,54,62). The molecule has 63 heavy (non-hydrogen) atoms. The number of carbonyl (C=O) groups excluding carboxylic acids is 2. The van der Waals surface area contributed by atoms with Crippen LogP contribution in [0.25, 0.3) is 0 Å². The Morgan fingerprint density at radius 3 is 0.905 bits per heavy atom. The lowest BCUT2D eigenvalue weighted by atomic mass is 9.97. The van der Waals surface area contributed by atoms with Crippen LogP contribution in [0, 0.1) is 0 Å². The third-order valence-electron chi connectivity index (χ3n) is 12.5. The number of rotatable bonds is 48. The van der Waals surface area contributed by atoms with Crippen molar-refractivity contribution in [3.63, 3.8) is 0 Å². The molecule has 11 heteroatoms. The molecule has 7 N–H and O–H groups in total. The third-order valence-corrected chi connectivity index (χ3v) is 12.5. The molecule has 376 valence electrons. The zero-order valence-electron chi connectivity index (χ0n) is 42.0. The minimum Gasteiger partial charge on any atom is -0.392 e. The molecule has 0 aliphatic rings. The number of aliphatic hydroxyl groups excluding tert-OH is 4. The Labute approximate surface area is 388 Å². The maximum atomic E-state index is 12.9. The number of aliphatic hydroxyl groups is 5. The first kappa shape index (κ1) is 61.7. The lowest BCUT2D eigenvalue weighted by Crippen LogP contribution is -2.42. The topological polar surface area (TPSA) is 166 Å². The van der Waals surface area contributed by atoms with Crippen molar-refractivity contribution in [2.24, 2.45) is 0 Å². The molecule has 0 bridgehead atoms. The number of nitrogens with one attached hydrogen (secondary N) is 2. The molecule has 0 aromatic rings. The van der Waals surface area contributed by atoms with Gasteiger partial charge in [-0.05, 0) is 45.4 Å². The van der Waals surface area contributed by atoms with E-state index in [2.05, 4.69) is 48.1 Å². The highest BCUT2D eigenvalue weighted by atomic mass is 16.3. The van der Waals surface area contributed by atoms with E-state index in [4.69, 9.17) is 0 Å². The fourth-order valence-electron chi connectivity index (χ4n) is 8.65. The summed E-state index contributed by atoms with van der Waals surface area (Å²) in [6.45, 7) is 14.4. The highest BCUT2D eigenvalue weighted by molar-refractivity contribution is 5.80. The Kier molecular flexibility index (Phi) is 42.3. The molecule has 0 heterocycles. The van der Waals surface area contributed by atoms with Crippen LogP contribution in [-0.4, -0.2) is 130 Å². The summed E-state index contributed by atoms with van der Waals surface area (Å²) in [6, 6.07) is 0. The molecule has 0 saturated heterocycles. The van der Waals surface area contributed by atoms with Crippen LogP contribution < -0.4 is 10.6 Å². The van der Waals surface area contributed by atoms with Gasteiger partial charge in [0.2, 0.25) is 11.8 Å². The van der Waals surface area contributed by atoms with Crippen LogP contribution in [0.1, 0.15) is 240 Å². The molecule has 4 unspecified atom stereocenters. The van der Waals surface area contributed by atoms with Gasteiger partial charge >= 0.3 is 0 Å². The van der Waals surface area contributed by atoms with Crippen molar-refractivity contribution in [3.05, 3.63) is 0 Å². The van der Waals surface area contributed by atoms with Crippen LogP contribution in [-0.2, 0) is 9.59 Å². The van der Waals surface area contributed by atoms with E-state index < -0.39 is 30.0 Å². The van der Waals surface area contributed by atoms with E-state index in [1.54, 1.807) is 0 Å². The van der Waals surface area contributed by atoms with Gasteiger partial charge in [-0.1, -0.05) is 182 Å². The Morgan fingerprint density at radius 2 is 0.651 bits per heavy atom. The highest BCUT2D eigenvalue weighted by Crippen LogP contribution is 2.17. The minimum atomic E-state index is -1.51. The van der Waals surface area contributed by atoms with Crippen LogP contribution in [0.2, 0.25) is 0 Å². The lowest BCUT2D eigenvalue weighted by molar-refractivity contribution is -0.130. The van der Waals surface area contributed by atoms with Gasteiger partial charge in [-0.2, -0.15) is 0 Å². The normalized spacial score (nSPS) is 14.8. The van der Waals surface area contributed by atoms with Crippen molar-refractivity contribution in [1.82, 2.24) is 20.4 Å². The average molecular weight is 899 g/mol. The van der Waals surface area contributed by atoms with Gasteiger partial charge in [-0.25, -0.2) is 0 Å². The molecular formula is C52H106N4O7. The van der Waals surface area contributed by atoms with Crippen LogP contribution >= 0.6 is 0 Å². The summed E-state index contributed by atoms with van der Waals surface area (Å²) in [5, 5.41) is 60.3. The summed E-state index contributed by atoms with van der Waals surface area (Å²) in [5.74, 6) is -0.638. The van der Waals surface area contributed by atoms with Gasteiger partial charge in [0.25, 0.3) is 0 Å². The lowest BCUT2D eigenvalue weighted by Gasteiger charge is -2.28. The molecule has 0 aliphatic carbocycles. The molecule has 4 atom stereocenters. The van der Waals surface area contributed by atoms with E-state index in [1.807, 2.05) is 0 Å². The van der Waals surface area contributed by atoms with E-state index in [9.17, 15) is 35.1 Å². The number of hydrogen-bond acceptors (Lipinski definition) is 9. The SMILES string of the molecule is CCCCCCCCC(O)CN(CCCNC(=O)CC(C)(O)CC(=O)NCCCN(CC(O)CCCCCCCC)CC(O)CCCCCCCC)CC(O)CCCCCCCC. The molecule has 0 rings (SSSR count). The minimum absolute atomic E-state index is 0.196. The zero-order chi connectivity index (χ0) is 46.8. The maximum Gasteiger partial charge on any atom is 0.222 e. The maximum absolute atomic E-state index is 12.9. The Bertz CT molecular complexity index is 897. The zero-order valence-corrected chi connectivity index (χ0v) is 42.0. The molecule has 0 radical (unpaired) electrons. The van der Waals surface area contributed by atoms with Crippen molar-refractivity contribution in [2.75, 3.05) is 52.4 Å². The van der Waals surface area contributed by atoms with Crippen LogP contribution in [0.4, 0.5) is 0 Å². The second-order valence-electron chi connectivity index (χ2n) is 19.6. The average Bonchev–Trinajstić information content (AvgIpc) is 3.22. The van der Waals surface area contributed by atoms with Gasteiger partial charge in [-0.15, -0.1) is 0 Å². The quantitative estimate of drug-likeness (QED) is 0.0295. The van der Waals surface area contributed by atoms with Crippen LogP contribution in [0.3, 0.4) is 0 Å². The molecule has 0 fully saturated rings. The van der Waals surface area contributed by atoms with Gasteiger partial charge in [0, 0.05) is 52.4 Å². The first-order valence-electron chi connectivity index (χ1n) is 26.8. The Morgan fingerprint density at radius 1 is 0.413 bits per heavy atom. The predicted octanol–water partition coefficient (Wildman–Crippen LogP) is 9.58. The van der Waals surface area contributed by atoms with Crippen LogP contribution in [0.5, 0.6) is 0 Å². The van der Waals surface area contributed by atoms with Crippen molar-refractivity contribution in [1.29, 1.82) is 0 Å². The molecule has 0 saturated carbocycles. The predicted molar refractivity (Wildman–Crippen MR) is 264 cm³/mol. The number of nitrogens with zero attached hydrogens (tertiary/aromatic N) is 2. The number of amides is 2. The first-order valence-corrected chi connectivity index (χ1v) is 26.8. The molecule has 0 aliphatic heterocycles. The summed E-state index contributed by atoms with van der Waals surface area (Å²) in [4.78, 5) is 30.0.